The highest BCUT2D eigenvalue weighted by Gasteiger charge is 1.79. The molecule has 0 heterocycles. The van der Waals surface area contributed by atoms with E-state index in [1.807, 2.05) is 30.4 Å². The molecule has 0 nitrogen and oxygen atoms in total. The van der Waals surface area contributed by atoms with E-state index in [2.05, 4.69) is 12.1 Å². The summed E-state index contributed by atoms with van der Waals surface area (Å²) < 4.78 is 0. The predicted octanol–water partition coefficient (Wildman–Crippen LogP) is 2.90. The molecule has 0 amide bonds. The Hall–Kier alpha value is -0.690. The van der Waals surface area contributed by atoms with Gasteiger partial charge in [-0.25, -0.2) is 0 Å². The van der Waals surface area contributed by atoms with Crippen LogP contribution in [0.25, 0.3) is 6.08 Å². The van der Waals surface area contributed by atoms with Gasteiger partial charge in [-0.3, -0.25) is 0 Å². The first-order valence-electron chi connectivity index (χ1n) is 3.23. The molecule has 51 valence electrons. The zero-order chi connectivity index (χ0) is 7.23. The number of hydrogen-bond acceptors (Lipinski definition) is 0. The summed E-state index contributed by atoms with van der Waals surface area (Å²) in [7, 11) is 0. The Kier molecular flexibility index (Phi) is 3.10. The highest BCUT2D eigenvalue weighted by Crippen LogP contribution is 2.00. The van der Waals surface area contributed by atoms with Crippen molar-refractivity contribution in [2.24, 2.45) is 0 Å². The maximum absolute atomic E-state index is 4.76. The second kappa shape index (κ2) is 4.18. The highest BCUT2D eigenvalue weighted by molar-refractivity contribution is 7.80. The minimum absolute atomic E-state index is 0.689. The summed E-state index contributed by atoms with van der Waals surface area (Å²) in [6, 6.07) is 10.2. The molecule has 0 aliphatic carbocycles. The monoisotopic (exact) mass is 149 g/mol. The van der Waals surface area contributed by atoms with Crippen molar-refractivity contribution < 1.29 is 0 Å². The molecule has 1 aromatic carbocycles. The third-order valence-electron chi connectivity index (χ3n) is 1.21. The lowest BCUT2D eigenvalue weighted by molar-refractivity contribution is 1.65. The maximum atomic E-state index is 4.76. The molecule has 1 heteroatoms. The topological polar surface area (TPSA) is 0 Å². The van der Waals surface area contributed by atoms with Crippen molar-refractivity contribution in [3.8, 4) is 0 Å². The molecule has 0 aliphatic rings. The summed E-state index contributed by atoms with van der Waals surface area (Å²) in [6.45, 7) is 0. The molecule has 10 heavy (non-hydrogen) atoms. The van der Waals surface area contributed by atoms with Gasteiger partial charge in [0.2, 0.25) is 0 Å². The van der Waals surface area contributed by atoms with Gasteiger partial charge in [-0.1, -0.05) is 55.1 Å². The van der Waals surface area contributed by atoms with Gasteiger partial charge in [0.1, 0.15) is 0 Å². The average molecular weight is 149 g/mol. The van der Waals surface area contributed by atoms with Crippen LogP contribution in [0.15, 0.2) is 36.4 Å². The predicted molar refractivity (Wildman–Crippen MR) is 47.9 cm³/mol. The largest absolute Gasteiger partial charge is 0.0897 e. The molecular formula is C9H9S. The Morgan fingerprint density at radius 1 is 1.20 bits per heavy atom. The summed E-state index contributed by atoms with van der Waals surface area (Å²) >= 11 is 4.76. The Bertz CT molecular complexity index is 201. The first-order valence-corrected chi connectivity index (χ1v) is 3.81. The first-order chi connectivity index (χ1) is 4.93. The van der Waals surface area contributed by atoms with Gasteiger partial charge in [-0.15, -0.1) is 0 Å². The summed E-state index contributed by atoms with van der Waals surface area (Å²) in [4.78, 5) is 0. The summed E-state index contributed by atoms with van der Waals surface area (Å²) in [6.07, 6.45) is 4.01. The van der Waals surface area contributed by atoms with Crippen molar-refractivity contribution in [1.29, 1.82) is 0 Å². The molecule has 0 fully saturated rings. The third kappa shape index (κ3) is 2.28. The van der Waals surface area contributed by atoms with Crippen LogP contribution < -0.4 is 0 Å². The summed E-state index contributed by atoms with van der Waals surface area (Å²) in [5.74, 6) is 0.689. The molecule has 1 aromatic rings. The fourth-order valence-electron chi connectivity index (χ4n) is 0.748. The van der Waals surface area contributed by atoms with E-state index in [4.69, 9.17) is 12.6 Å². The third-order valence-corrected chi connectivity index (χ3v) is 1.40. The standard InChI is InChI=1S/C9H9S/c10-8-4-7-9-5-2-1-3-6-9/h1-7H,8H2. The Morgan fingerprint density at radius 3 is 2.50 bits per heavy atom. The molecule has 1 radical (unpaired) electrons. The van der Waals surface area contributed by atoms with Gasteiger partial charge >= 0.3 is 0 Å². The molecule has 0 aliphatic heterocycles. The normalized spacial score (nSPS) is 10.5. The zero-order valence-electron chi connectivity index (χ0n) is 5.66. The van der Waals surface area contributed by atoms with E-state index in [9.17, 15) is 0 Å². The molecule has 0 atom stereocenters. The van der Waals surface area contributed by atoms with E-state index >= 15 is 0 Å². The molecule has 0 bridgehead atoms. The molecule has 0 spiro atoms. The lowest BCUT2D eigenvalue weighted by Crippen LogP contribution is -1.68. The molecular weight excluding hydrogens is 140 g/mol. The minimum Gasteiger partial charge on any atom is -0.0897 e. The van der Waals surface area contributed by atoms with Crippen molar-refractivity contribution in [3.05, 3.63) is 42.0 Å². The highest BCUT2D eigenvalue weighted by atomic mass is 32.1. The van der Waals surface area contributed by atoms with Gasteiger partial charge in [0, 0.05) is 5.75 Å². The Labute approximate surface area is 67.0 Å². The van der Waals surface area contributed by atoms with Crippen molar-refractivity contribution in [3.63, 3.8) is 0 Å². The second-order valence-electron chi connectivity index (χ2n) is 1.98. The van der Waals surface area contributed by atoms with Crippen LogP contribution in [-0.2, 0) is 0 Å². The van der Waals surface area contributed by atoms with Gasteiger partial charge in [-0.05, 0) is 5.56 Å². The SMILES string of the molecule is [S]CC=Cc1ccccc1. The number of hydrogen-bond donors (Lipinski definition) is 0. The molecule has 0 N–H and O–H groups in total. The average Bonchev–Trinajstić information content (AvgIpc) is 2.03. The van der Waals surface area contributed by atoms with E-state index in [0.717, 1.165) is 0 Å². The van der Waals surface area contributed by atoms with Crippen LogP contribution >= 0.6 is 12.6 Å². The molecule has 0 aromatic heterocycles. The molecule has 1 rings (SSSR count). The van der Waals surface area contributed by atoms with Crippen molar-refractivity contribution in [1.82, 2.24) is 0 Å². The van der Waals surface area contributed by atoms with Crippen molar-refractivity contribution >= 4 is 18.7 Å². The van der Waals surface area contributed by atoms with Gasteiger partial charge < -0.3 is 0 Å². The van der Waals surface area contributed by atoms with Crippen LogP contribution in [0.3, 0.4) is 0 Å². The maximum Gasteiger partial charge on any atom is 0.0221 e. The zero-order valence-corrected chi connectivity index (χ0v) is 6.47. The van der Waals surface area contributed by atoms with Crippen LogP contribution in [0.2, 0.25) is 0 Å². The van der Waals surface area contributed by atoms with E-state index in [-0.39, 0.29) is 0 Å². The van der Waals surface area contributed by atoms with E-state index in [1.54, 1.807) is 0 Å². The molecule has 0 saturated carbocycles. The van der Waals surface area contributed by atoms with Crippen LogP contribution in [0.5, 0.6) is 0 Å². The first kappa shape index (κ1) is 7.42. The van der Waals surface area contributed by atoms with Gasteiger partial charge in [0.15, 0.2) is 0 Å². The van der Waals surface area contributed by atoms with Crippen LogP contribution in [-0.4, -0.2) is 5.75 Å². The quantitative estimate of drug-likeness (QED) is 0.606. The fraction of sp³-hybridized carbons (Fsp3) is 0.111. The van der Waals surface area contributed by atoms with Crippen LogP contribution in [0.1, 0.15) is 5.56 Å². The van der Waals surface area contributed by atoms with Crippen molar-refractivity contribution in [2.45, 2.75) is 0 Å². The summed E-state index contributed by atoms with van der Waals surface area (Å²) in [5.41, 5.74) is 1.22. The lowest BCUT2D eigenvalue weighted by atomic mass is 10.2. The Morgan fingerprint density at radius 2 is 1.90 bits per heavy atom. The minimum atomic E-state index is 0.689. The van der Waals surface area contributed by atoms with Gasteiger partial charge in [0.25, 0.3) is 0 Å². The van der Waals surface area contributed by atoms with E-state index < -0.39 is 0 Å². The fourth-order valence-corrected chi connectivity index (χ4v) is 0.845. The second-order valence-corrected chi connectivity index (χ2v) is 2.31. The summed E-state index contributed by atoms with van der Waals surface area (Å²) in [5, 5.41) is 0. The molecule has 0 saturated heterocycles. The lowest BCUT2D eigenvalue weighted by Gasteiger charge is -1.88. The smallest absolute Gasteiger partial charge is 0.0221 e. The van der Waals surface area contributed by atoms with E-state index in [0.29, 0.717) is 5.75 Å². The Balaban J connectivity index is 2.67. The van der Waals surface area contributed by atoms with Crippen molar-refractivity contribution in [2.75, 3.05) is 5.75 Å². The van der Waals surface area contributed by atoms with Crippen LogP contribution in [0.4, 0.5) is 0 Å². The van der Waals surface area contributed by atoms with Gasteiger partial charge in [0.05, 0.1) is 0 Å². The van der Waals surface area contributed by atoms with Gasteiger partial charge in [-0.2, -0.15) is 0 Å². The number of rotatable bonds is 2. The number of benzene rings is 1. The molecule has 0 unspecified atom stereocenters. The van der Waals surface area contributed by atoms with Crippen LogP contribution in [0, 0.1) is 0 Å². The van der Waals surface area contributed by atoms with E-state index in [1.165, 1.54) is 5.56 Å².